The number of benzene rings is 1. The van der Waals surface area contributed by atoms with Crippen LogP contribution in [0.2, 0.25) is 0 Å². The molecule has 6 nitrogen and oxygen atoms in total. The molecule has 136 valence electrons. The van der Waals surface area contributed by atoms with E-state index in [0.29, 0.717) is 12.2 Å². The van der Waals surface area contributed by atoms with E-state index in [1.807, 2.05) is 44.2 Å². The van der Waals surface area contributed by atoms with Crippen molar-refractivity contribution < 1.29 is 9.59 Å². The Morgan fingerprint density at radius 2 is 1.59 bits per heavy atom. The maximum absolute atomic E-state index is 12.5. The van der Waals surface area contributed by atoms with Gasteiger partial charge in [0, 0.05) is 24.6 Å². The first-order valence-electron chi connectivity index (χ1n) is 8.56. The van der Waals surface area contributed by atoms with Crippen LogP contribution in [0.25, 0.3) is 0 Å². The van der Waals surface area contributed by atoms with E-state index in [4.69, 9.17) is 0 Å². The zero-order valence-electron chi connectivity index (χ0n) is 15.2. The van der Waals surface area contributed by atoms with Gasteiger partial charge in [0.15, 0.2) is 0 Å². The second-order valence-electron chi connectivity index (χ2n) is 6.20. The van der Waals surface area contributed by atoms with Gasteiger partial charge < -0.3 is 10.6 Å². The smallest absolute Gasteiger partial charge is 0.274 e. The van der Waals surface area contributed by atoms with Crippen LogP contribution >= 0.6 is 0 Å². The van der Waals surface area contributed by atoms with Gasteiger partial charge in [-0.2, -0.15) is 0 Å². The largest absolute Gasteiger partial charge is 0.347 e. The Kier molecular flexibility index (Phi) is 5.56. The third kappa shape index (κ3) is 4.76. The third-order valence-corrected chi connectivity index (χ3v) is 4.18. The van der Waals surface area contributed by atoms with E-state index in [1.54, 1.807) is 30.6 Å². The van der Waals surface area contributed by atoms with Crippen molar-refractivity contribution in [3.8, 4) is 0 Å². The predicted octanol–water partition coefficient (Wildman–Crippen LogP) is 3.28. The summed E-state index contributed by atoms with van der Waals surface area (Å²) < 4.78 is 0. The lowest BCUT2D eigenvalue weighted by atomic mass is 10.1. The van der Waals surface area contributed by atoms with E-state index >= 15 is 0 Å². The summed E-state index contributed by atoms with van der Waals surface area (Å²) in [6.07, 6.45) is 3.33. The summed E-state index contributed by atoms with van der Waals surface area (Å²) in [7, 11) is 0. The first kappa shape index (κ1) is 18.3. The van der Waals surface area contributed by atoms with E-state index in [9.17, 15) is 9.59 Å². The second kappa shape index (κ2) is 8.23. The lowest BCUT2D eigenvalue weighted by molar-refractivity contribution is 0.0945. The Balaban J connectivity index is 1.67. The van der Waals surface area contributed by atoms with Gasteiger partial charge in [0.05, 0.1) is 0 Å². The van der Waals surface area contributed by atoms with Crippen molar-refractivity contribution in [3.63, 3.8) is 0 Å². The summed E-state index contributed by atoms with van der Waals surface area (Å²) >= 11 is 0. The van der Waals surface area contributed by atoms with Crippen LogP contribution < -0.4 is 10.6 Å². The maximum Gasteiger partial charge on any atom is 0.274 e. The highest BCUT2D eigenvalue weighted by atomic mass is 16.2. The van der Waals surface area contributed by atoms with Gasteiger partial charge in [-0.25, -0.2) is 4.98 Å². The molecule has 0 radical (unpaired) electrons. The molecule has 3 rings (SSSR count). The number of aryl methyl sites for hydroxylation is 2. The molecule has 0 aliphatic heterocycles. The Labute approximate surface area is 157 Å². The lowest BCUT2D eigenvalue weighted by Gasteiger charge is -2.09. The summed E-state index contributed by atoms with van der Waals surface area (Å²) in [5.74, 6) is -0.699. The number of amides is 2. The second-order valence-corrected chi connectivity index (χ2v) is 6.20. The average Bonchev–Trinajstić information content (AvgIpc) is 2.70. The van der Waals surface area contributed by atoms with E-state index in [-0.39, 0.29) is 23.2 Å². The van der Waals surface area contributed by atoms with Crippen LogP contribution in [0.1, 0.15) is 37.7 Å². The molecule has 1 aromatic carbocycles. The molecular weight excluding hydrogens is 340 g/mol. The fraction of sp³-hybridized carbons (Fsp3) is 0.143. The molecule has 27 heavy (non-hydrogen) atoms. The van der Waals surface area contributed by atoms with Crippen LogP contribution in [-0.4, -0.2) is 21.8 Å². The maximum atomic E-state index is 12.5. The monoisotopic (exact) mass is 360 g/mol. The molecule has 3 aromatic rings. The van der Waals surface area contributed by atoms with E-state index < -0.39 is 0 Å². The molecule has 0 fully saturated rings. The first-order valence-corrected chi connectivity index (χ1v) is 8.56. The molecule has 0 aliphatic carbocycles. The molecule has 0 atom stereocenters. The highest BCUT2D eigenvalue weighted by molar-refractivity contribution is 6.03. The molecule has 2 N–H and O–H groups in total. The summed E-state index contributed by atoms with van der Waals surface area (Å²) in [4.78, 5) is 32.9. The molecule has 2 heterocycles. The molecule has 0 bridgehead atoms. The zero-order valence-corrected chi connectivity index (χ0v) is 15.2. The van der Waals surface area contributed by atoms with Gasteiger partial charge in [0.2, 0.25) is 0 Å². The van der Waals surface area contributed by atoms with Gasteiger partial charge in [-0.3, -0.25) is 14.6 Å². The summed E-state index contributed by atoms with van der Waals surface area (Å²) in [6.45, 7) is 4.36. The number of carbonyl (C=O) groups is 2. The van der Waals surface area contributed by atoms with Crippen LogP contribution in [0, 0.1) is 13.8 Å². The number of nitrogens with zero attached hydrogens (tertiary/aromatic N) is 2. The van der Waals surface area contributed by atoms with Gasteiger partial charge in [0.25, 0.3) is 11.8 Å². The molecule has 6 heteroatoms. The topological polar surface area (TPSA) is 84.0 Å². The van der Waals surface area contributed by atoms with Crippen molar-refractivity contribution >= 4 is 17.5 Å². The minimum Gasteiger partial charge on any atom is -0.347 e. The van der Waals surface area contributed by atoms with Gasteiger partial charge in [-0.15, -0.1) is 0 Å². The van der Waals surface area contributed by atoms with Crippen molar-refractivity contribution in [2.75, 3.05) is 5.32 Å². The SMILES string of the molecule is Cc1ccc(NC(=O)c2cccc(C(=O)NCc3ccncc3)n2)cc1C. The summed E-state index contributed by atoms with van der Waals surface area (Å²) in [6, 6.07) is 14.1. The number of anilines is 1. The molecule has 0 unspecified atom stereocenters. The normalized spacial score (nSPS) is 10.3. The fourth-order valence-corrected chi connectivity index (χ4v) is 2.48. The van der Waals surface area contributed by atoms with Crippen LogP contribution in [0.3, 0.4) is 0 Å². The van der Waals surface area contributed by atoms with E-state index in [1.165, 1.54) is 0 Å². The molecule has 2 amide bonds. The predicted molar refractivity (Wildman–Crippen MR) is 104 cm³/mol. The molecule has 0 aliphatic rings. The minimum atomic E-state index is -0.359. The van der Waals surface area contributed by atoms with Gasteiger partial charge in [0.1, 0.15) is 11.4 Å². The van der Waals surface area contributed by atoms with Crippen LogP contribution in [0.15, 0.2) is 60.9 Å². The number of aromatic nitrogens is 2. The number of rotatable bonds is 5. The molecular formula is C21H20N4O2. The molecule has 0 saturated carbocycles. The summed E-state index contributed by atoms with van der Waals surface area (Å²) in [5, 5.41) is 5.59. The van der Waals surface area contributed by atoms with Crippen molar-refractivity contribution in [3.05, 3.63) is 89.0 Å². The molecule has 2 aromatic heterocycles. The third-order valence-electron chi connectivity index (χ3n) is 4.18. The number of nitrogens with one attached hydrogen (secondary N) is 2. The fourth-order valence-electron chi connectivity index (χ4n) is 2.48. The highest BCUT2D eigenvalue weighted by Crippen LogP contribution is 2.15. The van der Waals surface area contributed by atoms with Gasteiger partial charge in [-0.05, 0) is 66.9 Å². The number of pyridine rings is 2. The molecule has 0 spiro atoms. The van der Waals surface area contributed by atoms with Crippen molar-refractivity contribution in [1.82, 2.24) is 15.3 Å². The van der Waals surface area contributed by atoms with Crippen molar-refractivity contribution in [1.29, 1.82) is 0 Å². The quantitative estimate of drug-likeness (QED) is 0.731. The first-order chi connectivity index (χ1) is 13.0. The van der Waals surface area contributed by atoms with Gasteiger partial charge in [-0.1, -0.05) is 12.1 Å². The van der Waals surface area contributed by atoms with Crippen molar-refractivity contribution in [2.45, 2.75) is 20.4 Å². The standard InChI is InChI=1S/C21H20N4O2/c1-14-6-7-17(12-15(14)2)24-21(27)19-5-3-4-18(25-19)20(26)23-13-16-8-10-22-11-9-16/h3-12H,13H2,1-2H3,(H,23,26)(H,24,27). The van der Waals surface area contributed by atoms with Gasteiger partial charge >= 0.3 is 0 Å². The number of carbonyl (C=O) groups excluding carboxylic acids is 2. The summed E-state index contributed by atoms with van der Waals surface area (Å²) in [5.41, 5.74) is 4.24. The Morgan fingerprint density at radius 1 is 0.889 bits per heavy atom. The lowest BCUT2D eigenvalue weighted by Crippen LogP contribution is -2.25. The number of hydrogen-bond acceptors (Lipinski definition) is 4. The van der Waals surface area contributed by atoms with Crippen LogP contribution in [0.5, 0.6) is 0 Å². The van der Waals surface area contributed by atoms with E-state index in [2.05, 4.69) is 20.6 Å². The Bertz CT molecular complexity index is 971. The zero-order chi connectivity index (χ0) is 19.2. The number of hydrogen-bond donors (Lipinski definition) is 2. The van der Waals surface area contributed by atoms with Crippen molar-refractivity contribution in [2.24, 2.45) is 0 Å². The van der Waals surface area contributed by atoms with E-state index in [0.717, 1.165) is 16.7 Å². The van der Waals surface area contributed by atoms with Crippen LogP contribution in [0.4, 0.5) is 5.69 Å². The van der Waals surface area contributed by atoms with Crippen LogP contribution in [-0.2, 0) is 6.54 Å². The molecule has 0 saturated heterocycles. The highest BCUT2D eigenvalue weighted by Gasteiger charge is 2.13. The minimum absolute atomic E-state index is 0.185. The Morgan fingerprint density at radius 3 is 2.30 bits per heavy atom. The Hall–Kier alpha value is -3.54. The average molecular weight is 360 g/mol.